The van der Waals surface area contributed by atoms with Gasteiger partial charge in [-0.15, -0.1) is 0 Å². The number of urea groups is 2. The molecule has 4 amide bonds. The molecule has 4 aromatic carbocycles. The highest BCUT2D eigenvalue weighted by Crippen LogP contribution is 2.27. The minimum atomic E-state index is -4.04. The lowest BCUT2D eigenvalue weighted by atomic mass is 10.2. The largest absolute Gasteiger partial charge is 0.382 e. The molecule has 0 radical (unpaired) electrons. The maximum Gasteiger partial charge on any atom is 0.339 e. The molecule has 66 heavy (non-hydrogen) atoms. The van der Waals surface area contributed by atoms with E-state index in [-0.39, 0.29) is 39.2 Å². The van der Waals surface area contributed by atoms with Crippen LogP contribution in [-0.4, -0.2) is 103 Å². The molecular weight excluding hydrogens is 889 g/mol. The Hall–Kier alpha value is -7.17. The SMILES string of the molecule is CC(C)CNC(=O)Nc1nc2ccc(OS(=O)(=O)c3ccc(NC4CCCC4)cc3)cc2[nH]1.CN(C)CCNC(=O)Nc1nc2ccc(OS(=O)(=O)c3ccc(-n4ccnc4)cc3)cc2[nH]1. The molecular formula is C44H52N12O8S2. The van der Waals surface area contributed by atoms with Gasteiger partial charge < -0.3 is 43.8 Å². The average molecular weight is 941 g/mol. The van der Waals surface area contributed by atoms with Crippen molar-refractivity contribution < 1.29 is 34.8 Å². The van der Waals surface area contributed by atoms with E-state index >= 15 is 0 Å². The fourth-order valence-corrected chi connectivity index (χ4v) is 8.61. The van der Waals surface area contributed by atoms with Gasteiger partial charge >= 0.3 is 32.3 Å². The standard InChI is InChI=1S/C23H29N5O4S.C21H23N7O4S/c1-15(2)14-24-23(29)28-22-26-20-12-9-18(13-21(20)27-22)32-33(30,31)19-10-7-17(8-11-19)25-16-5-3-4-6-16;1-27(2)11-10-23-21(29)26-20-24-18-8-5-16(13-19(18)25-20)32-33(30,31)17-6-3-15(4-7-17)28-12-9-22-14-28/h7-13,15-16,25H,3-6,14H2,1-2H3,(H3,24,26,27,28,29);3-9,12-14H,10-11H2,1-2H3,(H3,23,24,25,26,29). The zero-order chi connectivity index (χ0) is 46.8. The lowest BCUT2D eigenvalue weighted by molar-refractivity contribution is 0.250. The number of hydrogen-bond donors (Lipinski definition) is 7. The van der Waals surface area contributed by atoms with Gasteiger partial charge in [-0.3, -0.25) is 10.6 Å². The van der Waals surface area contributed by atoms with Crippen molar-refractivity contribution in [3.8, 4) is 17.2 Å². The van der Waals surface area contributed by atoms with Crippen LogP contribution in [0.4, 0.5) is 27.2 Å². The molecule has 1 aliphatic rings. The summed E-state index contributed by atoms with van der Waals surface area (Å²) in [7, 11) is -4.21. The van der Waals surface area contributed by atoms with Gasteiger partial charge in [0.1, 0.15) is 21.3 Å². The number of rotatable bonds is 16. The zero-order valence-electron chi connectivity index (χ0n) is 36.7. The fourth-order valence-electron chi connectivity index (χ4n) is 6.76. The molecule has 1 fully saturated rings. The summed E-state index contributed by atoms with van der Waals surface area (Å²) in [6, 6.07) is 21.9. The molecule has 1 saturated carbocycles. The second-order valence-corrected chi connectivity index (χ2v) is 19.2. The van der Waals surface area contributed by atoms with Crippen LogP contribution >= 0.6 is 0 Å². The summed E-state index contributed by atoms with van der Waals surface area (Å²) in [5.74, 6) is 1.09. The van der Waals surface area contributed by atoms with Crippen LogP contribution in [0.2, 0.25) is 0 Å². The molecule has 0 atom stereocenters. The van der Waals surface area contributed by atoms with Crippen molar-refractivity contribution in [2.24, 2.45) is 5.92 Å². The van der Waals surface area contributed by atoms with Gasteiger partial charge in [-0.05, 0) is 106 Å². The number of imidazole rings is 3. The Morgan fingerprint density at radius 1 is 0.758 bits per heavy atom. The van der Waals surface area contributed by atoms with Crippen LogP contribution in [0.5, 0.6) is 11.5 Å². The maximum atomic E-state index is 12.7. The third-order valence-electron chi connectivity index (χ3n) is 10.1. The molecule has 3 aromatic heterocycles. The van der Waals surface area contributed by atoms with Crippen molar-refractivity contribution in [2.45, 2.75) is 55.4 Å². The highest BCUT2D eigenvalue weighted by molar-refractivity contribution is 7.87. The van der Waals surface area contributed by atoms with Crippen LogP contribution in [-0.2, 0) is 20.2 Å². The van der Waals surface area contributed by atoms with E-state index in [2.05, 4.69) is 51.5 Å². The number of likely N-dealkylation sites (N-methyl/N-ethyl adjacent to an activating group) is 1. The lowest BCUT2D eigenvalue weighted by Gasteiger charge is -2.14. The monoisotopic (exact) mass is 940 g/mol. The van der Waals surface area contributed by atoms with E-state index in [4.69, 9.17) is 8.37 Å². The molecule has 1 aliphatic carbocycles. The number of carbonyl (C=O) groups excluding carboxylic acids is 2. The highest BCUT2D eigenvalue weighted by Gasteiger charge is 2.20. The van der Waals surface area contributed by atoms with Gasteiger partial charge in [-0.1, -0.05) is 26.7 Å². The molecule has 0 spiro atoms. The summed E-state index contributed by atoms with van der Waals surface area (Å²) >= 11 is 0. The second-order valence-electron chi connectivity index (χ2n) is 16.1. The number of amides is 4. The first-order valence-electron chi connectivity index (χ1n) is 21.2. The van der Waals surface area contributed by atoms with E-state index < -0.39 is 26.3 Å². The van der Waals surface area contributed by atoms with Crippen molar-refractivity contribution in [1.82, 2.24) is 45.0 Å². The van der Waals surface area contributed by atoms with Crippen LogP contribution in [0.15, 0.2) is 113 Å². The summed E-state index contributed by atoms with van der Waals surface area (Å²) in [6.07, 6.45) is 9.74. The highest BCUT2D eigenvalue weighted by atomic mass is 32.2. The number of carbonyl (C=O) groups is 2. The summed E-state index contributed by atoms with van der Waals surface area (Å²) in [5.41, 5.74) is 3.85. The maximum absolute atomic E-state index is 12.7. The van der Waals surface area contributed by atoms with E-state index in [1.165, 1.54) is 49.2 Å². The number of H-pyrrole nitrogens is 2. The van der Waals surface area contributed by atoms with Crippen molar-refractivity contribution in [2.75, 3.05) is 49.7 Å². The van der Waals surface area contributed by atoms with E-state index in [9.17, 15) is 26.4 Å². The number of nitrogens with zero attached hydrogens (tertiary/aromatic N) is 5. The number of fused-ring (bicyclic) bond motifs is 2. The van der Waals surface area contributed by atoms with E-state index in [1.807, 2.05) is 32.8 Å². The van der Waals surface area contributed by atoms with Crippen LogP contribution in [0, 0.1) is 5.92 Å². The predicted octanol–water partition coefficient (Wildman–Crippen LogP) is 6.66. The molecule has 7 aromatic rings. The number of benzene rings is 4. The number of nitrogens with one attached hydrogen (secondary N) is 7. The third-order valence-corrected chi connectivity index (χ3v) is 12.6. The van der Waals surface area contributed by atoms with Crippen LogP contribution < -0.4 is 35.0 Å². The Morgan fingerprint density at radius 2 is 1.29 bits per heavy atom. The summed E-state index contributed by atoms with van der Waals surface area (Å²) in [5, 5.41) is 14.1. The predicted molar refractivity (Wildman–Crippen MR) is 251 cm³/mol. The molecule has 0 saturated heterocycles. The van der Waals surface area contributed by atoms with Crippen LogP contribution in [0.3, 0.4) is 0 Å². The van der Waals surface area contributed by atoms with Gasteiger partial charge in [0.15, 0.2) is 0 Å². The van der Waals surface area contributed by atoms with Gasteiger partial charge in [0.05, 0.1) is 28.4 Å². The van der Waals surface area contributed by atoms with Crippen LogP contribution in [0.1, 0.15) is 39.5 Å². The van der Waals surface area contributed by atoms with Gasteiger partial charge in [-0.2, -0.15) is 16.8 Å². The lowest BCUT2D eigenvalue weighted by Crippen LogP contribution is -2.34. The average Bonchev–Trinajstić information content (AvgIpc) is 4.12. The van der Waals surface area contributed by atoms with Crippen molar-refractivity contribution in [1.29, 1.82) is 0 Å². The Balaban J connectivity index is 0.000000196. The van der Waals surface area contributed by atoms with E-state index in [0.717, 1.165) is 24.2 Å². The number of aromatic amines is 2. The summed E-state index contributed by atoms with van der Waals surface area (Å²) in [4.78, 5) is 44.4. The molecule has 0 aliphatic heterocycles. The van der Waals surface area contributed by atoms with E-state index in [1.54, 1.807) is 71.8 Å². The normalized spacial score (nSPS) is 13.1. The first-order valence-corrected chi connectivity index (χ1v) is 24.0. The molecule has 348 valence electrons. The first kappa shape index (κ1) is 46.8. The first-order chi connectivity index (χ1) is 31.6. The topological polar surface area (TPSA) is 259 Å². The van der Waals surface area contributed by atoms with Crippen molar-refractivity contribution >= 4 is 71.9 Å². The summed E-state index contributed by atoms with van der Waals surface area (Å²) < 4.78 is 63.3. The smallest absolute Gasteiger partial charge is 0.339 e. The van der Waals surface area contributed by atoms with E-state index in [0.29, 0.717) is 53.7 Å². The number of hydrogen-bond acceptors (Lipinski definition) is 13. The van der Waals surface area contributed by atoms with Crippen molar-refractivity contribution in [3.63, 3.8) is 0 Å². The zero-order valence-corrected chi connectivity index (χ0v) is 38.4. The Kier molecular flexibility index (Phi) is 14.7. The second kappa shape index (κ2) is 20.8. The molecule has 8 rings (SSSR count). The fraction of sp³-hybridized carbons (Fsp3) is 0.295. The number of anilines is 3. The van der Waals surface area contributed by atoms with Gasteiger partial charge in [-0.25, -0.2) is 24.5 Å². The molecule has 0 unspecified atom stereocenters. The quantitative estimate of drug-likeness (QED) is 0.0501. The number of aromatic nitrogens is 6. The summed E-state index contributed by atoms with van der Waals surface area (Å²) in [6.45, 7) is 5.73. The van der Waals surface area contributed by atoms with Crippen LogP contribution in [0.25, 0.3) is 27.8 Å². The Morgan fingerprint density at radius 3 is 1.79 bits per heavy atom. The molecule has 20 nitrogen and oxygen atoms in total. The van der Waals surface area contributed by atoms with Gasteiger partial charge in [0.2, 0.25) is 11.9 Å². The molecule has 3 heterocycles. The van der Waals surface area contributed by atoms with Gasteiger partial charge in [0.25, 0.3) is 0 Å². The Labute approximate surface area is 382 Å². The molecule has 7 N–H and O–H groups in total. The molecule has 22 heteroatoms. The van der Waals surface area contributed by atoms with Crippen molar-refractivity contribution in [3.05, 3.63) is 104 Å². The minimum absolute atomic E-state index is 0.0211. The molecule has 0 bridgehead atoms. The third kappa shape index (κ3) is 12.8. The minimum Gasteiger partial charge on any atom is -0.382 e. The van der Waals surface area contributed by atoms with Gasteiger partial charge in [0, 0.05) is 61.6 Å². The Bertz CT molecular complexity index is 2970.